The summed E-state index contributed by atoms with van der Waals surface area (Å²) < 4.78 is 2.94. The molecule has 0 unspecified atom stereocenters. The first-order valence-electron chi connectivity index (χ1n) is 7.41. The van der Waals surface area contributed by atoms with E-state index < -0.39 is 0 Å². The van der Waals surface area contributed by atoms with Gasteiger partial charge in [-0.25, -0.2) is 14.1 Å². The Balaban J connectivity index is 2.07. The van der Waals surface area contributed by atoms with Crippen molar-refractivity contribution in [2.75, 3.05) is 6.54 Å². The third-order valence-electron chi connectivity index (χ3n) is 3.46. The lowest BCUT2D eigenvalue weighted by Crippen LogP contribution is -2.28. The fourth-order valence-corrected chi connectivity index (χ4v) is 3.73. The van der Waals surface area contributed by atoms with E-state index in [2.05, 4.69) is 15.4 Å². The molecule has 0 saturated heterocycles. The fourth-order valence-electron chi connectivity index (χ4n) is 2.49. The van der Waals surface area contributed by atoms with E-state index in [0.717, 1.165) is 10.6 Å². The number of halogens is 1. The average molecular weight is 366 g/mol. The van der Waals surface area contributed by atoms with E-state index in [0.29, 0.717) is 34.6 Å². The zero-order valence-corrected chi connectivity index (χ0v) is 15.0. The van der Waals surface area contributed by atoms with Gasteiger partial charge in [-0.05, 0) is 26.8 Å². The summed E-state index contributed by atoms with van der Waals surface area (Å²) in [5.41, 5.74) is 1.39. The molecule has 0 aliphatic carbocycles. The summed E-state index contributed by atoms with van der Waals surface area (Å²) in [5.74, 6) is -0.274. The molecule has 9 heteroatoms. The van der Waals surface area contributed by atoms with Crippen LogP contribution in [0.5, 0.6) is 0 Å². The molecular weight excluding hydrogens is 350 g/mol. The van der Waals surface area contributed by atoms with E-state index in [1.54, 1.807) is 17.7 Å². The molecule has 3 aromatic rings. The van der Waals surface area contributed by atoms with E-state index in [9.17, 15) is 9.59 Å². The summed E-state index contributed by atoms with van der Waals surface area (Å²) in [6.45, 7) is 6.27. The van der Waals surface area contributed by atoms with Gasteiger partial charge in [0.2, 0.25) is 0 Å². The number of nitrogens with zero attached hydrogens (tertiary/aromatic N) is 4. The minimum atomic E-state index is -0.291. The van der Waals surface area contributed by atoms with Gasteiger partial charge in [0.1, 0.15) is 10.8 Å². The van der Waals surface area contributed by atoms with E-state index in [1.165, 1.54) is 21.8 Å². The molecule has 3 rings (SSSR count). The maximum absolute atomic E-state index is 12.5. The highest BCUT2D eigenvalue weighted by Crippen LogP contribution is 2.20. The molecule has 0 bridgehead atoms. The summed E-state index contributed by atoms with van der Waals surface area (Å²) >= 11 is 7.41. The van der Waals surface area contributed by atoms with Gasteiger partial charge in [-0.2, -0.15) is 5.10 Å². The molecule has 0 fully saturated rings. The van der Waals surface area contributed by atoms with Crippen molar-refractivity contribution >= 4 is 33.8 Å². The normalized spacial score (nSPS) is 11.2. The molecule has 0 aliphatic heterocycles. The van der Waals surface area contributed by atoms with Gasteiger partial charge in [0, 0.05) is 17.5 Å². The Bertz CT molecular complexity index is 988. The number of fused-ring (bicyclic) bond motifs is 1. The van der Waals surface area contributed by atoms with Crippen molar-refractivity contribution in [2.24, 2.45) is 0 Å². The first-order chi connectivity index (χ1) is 11.4. The van der Waals surface area contributed by atoms with Crippen molar-refractivity contribution in [2.45, 2.75) is 27.3 Å². The molecule has 7 nitrogen and oxygen atoms in total. The average Bonchev–Trinajstić information content (AvgIpc) is 2.98. The van der Waals surface area contributed by atoms with Crippen LogP contribution >= 0.6 is 22.9 Å². The van der Waals surface area contributed by atoms with Gasteiger partial charge in [0.15, 0.2) is 4.96 Å². The molecule has 1 amide bonds. The number of rotatable bonds is 4. The van der Waals surface area contributed by atoms with Crippen LogP contribution in [0.3, 0.4) is 0 Å². The largest absolute Gasteiger partial charge is 0.351 e. The lowest BCUT2D eigenvalue weighted by atomic mass is 10.3. The molecule has 0 radical (unpaired) electrons. The van der Waals surface area contributed by atoms with Crippen molar-refractivity contribution in [3.63, 3.8) is 0 Å². The van der Waals surface area contributed by atoms with E-state index >= 15 is 0 Å². The second-order valence-electron chi connectivity index (χ2n) is 5.34. The number of hydrogen-bond acceptors (Lipinski definition) is 5. The van der Waals surface area contributed by atoms with E-state index in [4.69, 9.17) is 11.6 Å². The van der Waals surface area contributed by atoms with Crippen molar-refractivity contribution in [1.82, 2.24) is 24.5 Å². The number of nitrogens with one attached hydrogen (secondary N) is 1. The van der Waals surface area contributed by atoms with E-state index in [-0.39, 0.29) is 11.5 Å². The smallest absolute Gasteiger partial charge is 0.269 e. The molecule has 3 heterocycles. The van der Waals surface area contributed by atoms with Crippen LogP contribution in [0.4, 0.5) is 0 Å². The Morgan fingerprint density at radius 3 is 2.75 bits per heavy atom. The predicted molar refractivity (Wildman–Crippen MR) is 93.2 cm³/mol. The Morgan fingerprint density at radius 1 is 1.38 bits per heavy atom. The van der Waals surface area contributed by atoms with Crippen molar-refractivity contribution in [3.8, 4) is 0 Å². The number of carbonyl (C=O) groups excluding carboxylic acids is 1. The Morgan fingerprint density at radius 2 is 2.12 bits per heavy atom. The minimum Gasteiger partial charge on any atom is -0.351 e. The van der Waals surface area contributed by atoms with Crippen molar-refractivity contribution in [1.29, 1.82) is 0 Å². The number of thiazole rings is 1. The summed E-state index contributed by atoms with van der Waals surface area (Å²) in [6.07, 6.45) is 0. The maximum Gasteiger partial charge on any atom is 0.269 e. The van der Waals surface area contributed by atoms with Crippen LogP contribution in [-0.2, 0) is 6.54 Å². The summed E-state index contributed by atoms with van der Waals surface area (Å²) in [5, 5.41) is 7.47. The number of aromatic nitrogens is 4. The summed E-state index contributed by atoms with van der Waals surface area (Å²) in [7, 11) is 0. The highest BCUT2D eigenvalue weighted by Gasteiger charge is 2.19. The first-order valence-corrected chi connectivity index (χ1v) is 8.60. The second kappa shape index (κ2) is 6.37. The number of aryl methyl sites for hydroxylation is 2. The molecule has 0 aliphatic rings. The molecular formula is C15H16ClN5O2S. The molecule has 0 atom stereocenters. The second-order valence-corrected chi connectivity index (χ2v) is 6.90. The molecule has 0 spiro atoms. The van der Waals surface area contributed by atoms with Gasteiger partial charge in [0.05, 0.1) is 17.9 Å². The highest BCUT2D eigenvalue weighted by atomic mass is 35.5. The zero-order chi connectivity index (χ0) is 17.4. The molecule has 1 N–H and O–H groups in total. The lowest BCUT2D eigenvalue weighted by molar-refractivity contribution is 0.0949. The topological polar surface area (TPSA) is 81.3 Å². The van der Waals surface area contributed by atoms with Crippen molar-refractivity contribution < 1.29 is 4.79 Å². The van der Waals surface area contributed by atoms with Crippen LogP contribution in [0.2, 0.25) is 5.15 Å². The number of amides is 1. The standard InChI is InChI=1S/C15H16ClN5O2S/c1-4-17-14(23)13-9(3)24-15-18-10(6-12(22)21(13)15)7-20-11(16)5-8(2)19-20/h5-6H,4,7H2,1-3H3,(H,17,23). The SMILES string of the molecule is CCNC(=O)c1c(C)sc2nc(Cn3nc(C)cc3Cl)cc(=O)n12. The molecule has 126 valence electrons. The van der Waals surface area contributed by atoms with Crippen LogP contribution in [0.15, 0.2) is 16.9 Å². The first kappa shape index (κ1) is 16.7. The van der Waals surface area contributed by atoms with E-state index in [1.807, 2.05) is 13.8 Å². The molecule has 0 aromatic carbocycles. The maximum atomic E-state index is 12.5. The monoisotopic (exact) mass is 365 g/mol. The predicted octanol–water partition coefficient (Wildman–Crippen LogP) is 2.02. The van der Waals surface area contributed by atoms with Gasteiger partial charge < -0.3 is 5.32 Å². The van der Waals surface area contributed by atoms with Crippen molar-refractivity contribution in [3.05, 3.63) is 49.6 Å². The summed E-state index contributed by atoms with van der Waals surface area (Å²) in [6, 6.07) is 3.16. The van der Waals surface area contributed by atoms with Gasteiger partial charge in [-0.15, -0.1) is 11.3 Å². The third kappa shape index (κ3) is 2.94. The van der Waals surface area contributed by atoms with Crippen LogP contribution in [0.1, 0.15) is 33.7 Å². The van der Waals surface area contributed by atoms with Crippen LogP contribution in [-0.4, -0.2) is 31.6 Å². The molecule has 0 saturated carbocycles. The van der Waals surface area contributed by atoms with Crippen LogP contribution < -0.4 is 10.9 Å². The van der Waals surface area contributed by atoms with Gasteiger partial charge in [-0.1, -0.05) is 11.6 Å². The lowest BCUT2D eigenvalue weighted by Gasteiger charge is -2.05. The molecule has 3 aromatic heterocycles. The van der Waals surface area contributed by atoms with Gasteiger partial charge in [-0.3, -0.25) is 9.59 Å². The quantitative estimate of drug-likeness (QED) is 0.767. The number of carbonyl (C=O) groups is 1. The Hall–Kier alpha value is -2.19. The molecule has 24 heavy (non-hydrogen) atoms. The Kier molecular flexibility index (Phi) is 4.42. The van der Waals surface area contributed by atoms with Gasteiger partial charge in [0.25, 0.3) is 11.5 Å². The third-order valence-corrected chi connectivity index (χ3v) is 4.72. The van der Waals surface area contributed by atoms with Crippen LogP contribution in [0.25, 0.3) is 4.96 Å². The fraction of sp³-hybridized carbons (Fsp3) is 0.333. The van der Waals surface area contributed by atoms with Crippen LogP contribution in [0, 0.1) is 13.8 Å². The number of hydrogen-bond donors (Lipinski definition) is 1. The zero-order valence-electron chi connectivity index (χ0n) is 13.5. The Labute approximate surface area is 146 Å². The highest BCUT2D eigenvalue weighted by molar-refractivity contribution is 7.17. The summed E-state index contributed by atoms with van der Waals surface area (Å²) in [4.78, 5) is 30.4. The van der Waals surface area contributed by atoms with Gasteiger partial charge >= 0.3 is 0 Å². The minimum absolute atomic E-state index is 0.274.